The third kappa shape index (κ3) is 3.16. The molecule has 0 fully saturated rings. The summed E-state index contributed by atoms with van der Waals surface area (Å²) in [4.78, 5) is 4.11. The van der Waals surface area contributed by atoms with Gasteiger partial charge in [0.1, 0.15) is 13.3 Å². The van der Waals surface area contributed by atoms with Crippen molar-refractivity contribution in [2.24, 2.45) is 0 Å². The maximum absolute atomic E-state index is 12.0. The quantitative estimate of drug-likeness (QED) is 0.814. The van der Waals surface area contributed by atoms with Crippen molar-refractivity contribution in [1.82, 2.24) is 4.98 Å². The Balaban J connectivity index is 2.94. The Morgan fingerprint density at radius 1 is 1.47 bits per heavy atom. The molecule has 1 rings (SSSR count). The molecule has 4 heteroatoms. The van der Waals surface area contributed by atoms with Crippen molar-refractivity contribution >= 4 is 0 Å². The molecule has 15 heavy (non-hydrogen) atoms. The van der Waals surface area contributed by atoms with E-state index in [0.717, 1.165) is 5.56 Å². The smallest absolute Gasteiger partial charge is 0.217 e. The molecule has 0 amide bonds. The largest absolute Gasteiger partial charge is 0.475 e. The van der Waals surface area contributed by atoms with Crippen LogP contribution in [0.3, 0.4) is 0 Å². The van der Waals surface area contributed by atoms with Gasteiger partial charge in [0.2, 0.25) is 5.88 Å². The van der Waals surface area contributed by atoms with Gasteiger partial charge in [-0.1, -0.05) is 19.9 Å². The lowest BCUT2D eigenvalue weighted by Gasteiger charge is -2.12. The van der Waals surface area contributed by atoms with Crippen molar-refractivity contribution < 1.29 is 14.2 Å². The Morgan fingerprint density at radius 2 is 2.20 bits per heavy atom. The molecular weight excluding hydrogens is 197 g/mol. The fourth-order valence-corrected chi connectivity index (χ4v) is 1.27. The second-order valence-electron chi connectivity index (χ2n) is 3.55. The van der Waals surface area contributed by atoms with E-state index in [9.17, 15) is 4.39 Å². The van der Waals surface area contributed by atoms with Gasteiger partial charge in [-0.3, -0.25) is 0 Å². The van der Waals surface area contributed by atoms with Crippen LogP contribution in [-0.2, 0) is 6.61 Å². The number of ether oxygens (including phenoxy) is 1. The van der Waals surface area contributed by atoms with Crippen molar-refractivity contribution in [2.45, 2.75) is 26.4 Å². The Bertz CT molecular complexity index is 315. The number of aromatic nitrogens is 1. The predicted molar refractivity (Wildman–Crippen MR) is 55.7 cm³/mol. The molecule has 0 aliphatic heterocycles. The Hall–Kier alpha value is -1.16. The van der Waals surface area contributed by atoms with Gasteiger partial charge in [0.25, 0.3) is 0 Å². The third-order valence-corrected chi connectivity index (χ3v) is 2.05. The topological polar surface area (TPSA) is 42.4 Å². The minimum Gasteiger partial charge on any atom is -0.475 e. The van der Waals surface area contributed by atoms with E-state index >= 15 is 0 Å². The number of alkyl halides is 1. The molecule has 0 bridgehead atoms. The van der Waals surface area contributed by atoms with Crippen LogP contribution in [0, 0.1) is 0 Å². The highest BCUT2D eigenvalue weighted by molar-refractivity contribution is 5.30. The summed E-state index contributed by atoms with van der Waals surface area (Å²) in [6.45, 7) is 3.35. The van der Waals surface area contributed by atoms with Crippen LogP contribution < -0.4 is 4.74 Å². The Morgan fingerprint density at radius 3 is 2.73 bits per heavy atom. The molecule has 0 saturated carbocycles. The van der Waals surface area contributed by atoms with Crippen LogP contribution in [0.4, 0.5) is 4.39 Å². The molecule has 1 heterocycles. The molecule has 84 valence electrons. The van der Waals surface area contributed by atoms with Gasteiger partial charge in [0, 0.05) is 5.56 Å². The monoisotopic (exact) mass is 213 g/mol. The van der Waals surface area contributed by atoms with Gasteiger partial charge in [-0.25, -0.2) is 9.37 Å². The molecule has 0 saturated heterocycles. The molecule has 3 nitrogen and oxygen atoms in total. The molecule has 0 aliphatic rings. The van der Waals surface area contributed by atoms with Gasteiger partial charge in [-0.15, -0.1) is 0 Å². The van der Waals surface area contributed by atoms with Gasteiger partial charge in [0.05, 0.1) is 12.3 Å². The zero-order valence-corrected chi connectivity index (χ0v) is 9.03. The molecule has 0 unspecified atom stereocenters. The molecule has 1 aromatic rings. The SMILES string of the molecule is CC(C)c1ccc(CO)nc1OCCF. The second kappa shape index (κ2) is 5.66. The minimum atomic E-state index is -0.539. The highest BCUT2D eigenvalue weighted by Gasteiger charge is 2.10. The van der Waals surface area contributed by atoms with Gasteiger partial charge in [0.15, 0.2) is 0 Å². The predicted octanol–water partition coefficient (Wildman–Crippen LogP) is 2.05. The highest BCUT2D eigenvalue weighted by Crippen LogP contribution is 2.24. The van der Waals surface area contributed by atoms with Crippen molar-refractivity contribution in [1.29, 1.82) is 0 Å². The molecule has 0 spiro atoms. The molecule has 0 radical (unpaired) electrons. The number of hydrogen-bond donors (Lipinski definition) is 1. The number of hydrogen-bond acceptors (Lipinski definition) is 3. The van der Waals surface area contributed by atoms with Crippen LogP contribution in [0.5, 0.6) is 5.88 Å². The van der Waals surface area contributed by atoms with E-state index in [4.69, 9.17) is 9.84 Å². The lowest BCUT2D eigenvalue weighted by molar-refractivity contribution is 0.251. The van der Waals surface area contributed by atoms with Crippen molar-refractivity contribution in [3.63, 3.8) is 0 Å². The van der Waals surface area contributed by atoms with E-state index in [1.54, 1.807) is 6.07 Å². The Labute approximate surface area is 88.9 Å². The van der Waals surface area contributed by atoms with Crippen LogP contribution in [0.15, 0.2) is 12.1 Å². The van der Waals surface area contributed by atoms with Crippen LogP contribution in [0.2, 0.25) is 0 Å². The Kier molecular flexibility index (Phi) is 4.49. The van der Waals surface area contributed by atoms with Crippen LogP contribution in [-0.4, -0.2) is 23.4 Å². The van der Waals surface area contributed by atoms with Crippen LogP contribution in [0.1, 0.15) is 31.0 Å². The van der Waals surface area contributed by atoms with Crippen LogP contribution >= 0.6 is 0 Å². The summed E-state index contributed by atoms with van der Waals surface area (Å²) in [6, 6.07) is 3.61. The van der Waals surface area contributed by atoms with Crippen molar-refractivity contribution in [3.8, 4) is 5.88 Å². The number of pyridine rings is 1. The highest BCUT2D eigenvalue weighted by atomic mass is 19.1. The maximum Gasteiger partial charge on any atom is 0.217 e. The summed E-state index contributed by atoms with van der Waals surface area (Å²) >= 11 is 0. The van der Waals surface area contributed by atoms with Gasteiger partial charge in [-0.05, 0) is 12.0 Å². The summed E-state index contributed by atoms with van der Waals surface area (Å²) in [7, 11) is 0. The molecule has 0 aromatic carbocycles. The minimum absolute atomic E-state index is 0.00159. The summed E-state index contributed by atoms with van der Waals surface area (Å²) in [5.74, 6) is 0.689. The summed E-state index contributed by atoms with van der Waals surface area (Å²) < 4.78 is 17.2. The van der Waals surface area contributed by atoms with Gasteiger partial charge >= 0.3 is 0 Å². The molecular formula is C11H16FNO2. The number of aliphatic hydroxyl groups excluding tert-OH is 1. The van der Waals surface area contributed by atoms with E-state index in [0.29, 0.717) is 11.6 Å². The molecule has 0 aliphatic carbocycles. The number of nitrogens with zero attached hydrogens (tertiary/aromatic N) is 1. The fourth-order valence-electron chi connectivity index (χ4n) is 1.27. The van der Waals surface area contributed by atoms with Crippen molar-refractivity contribution in [3.05, 3.63) is 23.4 Å². The zero-order chi connectivity index (χ0) is 11.3. The summed E-state index contributed by atoms with van der Waals surface area (Å²) in [5.41, 5.74) is 1.47. The van der Waals surface area contributed by atoms with E-state index < -0.39 is 6.67 Å². The fraction of sp³-hybridized carbons (Fsp3) is 0.545. The van der Waals surface area contributed by atoms with E-state index in [1.165, 1.54) is 0 Å². The summed E-state index contributed by atoms with van der Waals surface area (Å²) in [5, 5.41) is 8.92. The first-order valence-electron chi connectivity index (χ1n) is 4.98. The van der Waals surface area contributed by atoms with Crippen LogP contribution in [0.25, 0.3) is 0 Å². The van der Waals surface area contributed by atoms with E-state index in [1.807, 2.05) is 19.9 Å². The van der Waals surface area contributed by atoms with E-state index in [2.05, 4.69) is 4.98 Å². The van der Waals surface area contributed by atoms with E-state index in [-0.39, 0.29) is 19.1 Å². The number of halogens is 1. The number of aliphatic hydroxyl groups is 1. The third-order valence-electron chi connectivity index (χ3n) is 2.05. The van der Waals surface area contributed by atoms with Crippen molar-refractivity contribution in [2.75, 3.05) is 13.3 Å². The normalized spacial score (nSPS) is 10.7. The lowest BCUT2D eigenvalue weighted by Crippen LogP contribution is -2.06. The average molecular weight is 213 g/mol. The zero-order valence-electron chi connectivity index (χ0n) is 9.03. The number of rotatable bonds is 5. The maximum atomic E-state index is 12.0. The average Bonchev–Trinajstić information content (AvgIpc) is 2.25. The standard InChI is InChI=1S/C11H16FNO2/c1-8(2)10-4-3-9(7-14)13-11(10)15-6-5-12/h3-4,8,14H,5-7H2,1-2H3. The molecule has 1 aromatic heterocycles. The first-order valence-corrected chi connectivity index (χ1v) is 4.98. The lowest BCUT2D eigenvalue weighted by atomic mass is 10.0. The van der Waals surface area contributed by atoms with Gasteiger partial charge < -0.3 is 9.84 Å². The second-order valence-corrected chi connectivity index (χ2v) is 3.55. The summed E-state index contributed by atoms with van der Waals surface area (Å²) in [6.07, 6.45) is 0. The molecule has 1 N–H and O–H groups in total. The van der Waals surface area contributed by atoms with Gasteiger partial charge in [-0.2, -0.15) is 0 Å². The first kappa shape index (κ1) is 11.9. The first-order chi connectivity index (χ1) is 7.19. The molecule has 0 atom stereocenters.